The fourth-order valence-corrected chi connectivity index (χ4v) is 5.83. The number of esters is 2. The summed E-state index contributed by atoms with van der Waals surface area (Å²) in [6.07, 6.45) is 35.4. The summed E-state index contributed by atoms with van der Waals surface area (Å²) < 4.78 is 15.2. The van der Waals surface area contributed by atoms with Crippen molar-refractivity contribution >= 4 is 11.9 Å². The third kappa shape index (κ3) is 19.7. The smallest absolute Gasteiger partial charge is 0.344 e. The van der Waals surface area contributed by atoms with Gasteiger partial charge in [-0.2, -0.15) is 0 Å². The Kier molecular flexibility index (Phi) is 23.4. The second-order valence-corrected chi connectivity index (χ2v) is 13.0. The zero-order valence-corrected chi connectivity index (χ0v) is 29.5. The Morgan fingerprint density at radius 3 is 1.15 bits per heavy atom. The minimum Gasteiger partial charge on any atom is -0.462 e. The summed E-state index contributed by atoms with van der Waals surface area (Å²) in [6.45, 7) is 6.99. The molecule has 2 aromatic rings. The molecule has 0 aliphatic carbocycles. The first-order valence-electron chi connectivity index (χ1n) is 19.0. The van der Waals surface area contributed by atoms with Crippen LogP contribution in [0.25, 0.3) is 0 Å². The van der Waals surface area contributed by atoms with Crippen LogP contribution in [0.2, 0.25) is 0 Å². The van der Waals surface area contributed by atoms with E-state index in [1.165, 1.54) is 116 Å². The Labute approximate surface area is 281 Å². The molecule has 0 saturated heterocycles. The molecule has 6 heteroatoms. The molecule has 0 bridgehead atoms. The Bertz CT molecular complexity index is 974. The molecule has 0 radical (unpaired) electrons. The Hall–Kier alpha value is -2.76. The summed E-state index contributed by atoms with van der Waals surface area (Å²) in [5.41, 5.74) is 1.16. The van der Waals surface area contributed by atoms with Crippen molar-refractivity contribution in [2.45, 2.75) is 168 Å². The fraction of sp³-hybridized carbons (Fsp3) is 0.700. The van der Waals surface area contributed by atoms with Gasteiger partial charge in [0.25, 0.3) is 0 Å². The number of ether oxygens (including phenoxy) is 2. The highest BCUT2D eigenvalue weighted by atomic mass is 16.5. The highest BCUT2D eigenvalue weighted by molar-refractivity contribution is 5.89. The molecule has 0 fully saturated rings. The summed E-state index contributed by atoms with van der Waals surface area (Å²) in [4.78, 5) is 25.1. The molecule has 0 amide bonds. The molecule has 2 rings (SSSR count). The van der Waals surface area contributed by atoms with Gasteiger partial charge < -0.3 is 9.47 Å². The van der Waals surface area contributed by atoms with E-state index < -0.39 is 0 Å². The van der Waals surface area contributed by atoms with Crippen molar-refractivity contribution in [3.63, 3.8) is 0 Å². The summed E-state index contributed by atoms with van der Waals surface area (Å²) >= 11 is 0. The van der Waals surface area contributed by atoms with Crippen LogP contribution in [0.5, 0.6) is 0 Å². The second-order valence-electron chi connectivity index (χ2n) is 13.0. The van der Waals surface area contributed by atoms with Crippen molar-refractivity contribution in [2.24, 2.45) is 0 Å². The maximum atomic E-state index is 12.6. The summed E-state index contributed by atoms with van der Waals surface area (Å²) in [5.74, 6) is -0.601. The zero-order chi connectivity index (χ0) is 32.9. The molecule has 6 nitrogen and oxygen atoms in total. The molecule has 0 saturated carbocycles. The van der Waals surface area contributed by atoms with E-state index in [1.54, 1.807) is 0 Å². The number of unbranched alkanes of at least 4 members (excludes halogenated alkanes) is 19. The van der Waals surface area contributed by atoms with E-state index in [0.717, 1.165) is 25.9 Å². The maximum absolute atomic E-state index is 12.6. The zero-order valence-electron chi connectivity index (χ0n) is 29.5. The maximum Gasteiger partial charge on any atom is 0.344 e. The lowest BCUT2D eigenvalue weighted by Crippen LogP contribution is -2.34. The van der Waals surface area contributed by atoms with Gasteiger partial charge in [0.15, 0.2) is 24.8 Å². The predicted octanol–water partition coefficient (Wildman–Crippen LogP) is 9.90. The van der Waals surface area contributed by atoms with Gasteiger partial charge in [-0.1, -0.05) is 117 Å². The number of pyridine rings is 2. The largest absolute Gasteiger partial charge is 0.462 e. The van der Waals surface area contributed by atoms with Crippen LogP contribution in [-0.2, 0) is 22.6 Å². The summed E-state index contributed by atoms with van der Waals surface area (Å²) in [5, 5.41) is 0. The SMILES string of the molecule is CCCCCCCCCCCC[n+]1cccc(C(=O)OCCCCOC(=O)c2ccc[n+](CCCCCCCCCCCC)c2)c1. The third-order valence-corrected chi connectivity index (χ3v) is 8.73. The molecule has 2 heterocycles. The Balaban J connectivity index is 1.52. The number of hydrogen-bond donors (Lipinski definition) is 0. The quantitative estimate of drug-likeness (QED) is 0.0506. The van der Waals surface area contributed by atoms with Gasteiger partial charge in [-0.25, -0.2) is 18.7 Å². The summed E-state index contributed by atoms with van der Waals surface area (Å²) in [7, 11) is 0. The lowest BCUT2D eigenvalue weighted by Gasteiger charge is -2.06. The molecule has 0 atom stereocenters. The predicted molar refractivity (Wildman–Crippen MR) is 187 cm³/mol. The van der Waals surface area contributed by atoms with Crippen molar-refractivity contribution < 1.29 is 28.2 Å². The number of aryl methyl sites for hydroxylation is 2. The van der Waals surface area contributed by atoms with E-state index in [2.05, 4.69) is 23.0 Å². The molecule has 0 aliphatic heterocycles. The highest BCUT2D eigenvalue weighted by Crippen LogP contribution is 2.12. The van der Waals surface area contributed by atoms with Gasteiger partial charge >= 0.3 is 11.9 Å². The number of aromatic nitrogens is 2. The van der Waals surface area contributed by atoms with Gasteiger partial charge in [-0.15, -0.1) is 0 Å². The average molecular weight is 639 g/mol. The van der Waals surface area contributed by atoms with Crippen LogP contribution in [0.15, 0.2) is 49.1 Å². The second kappa shape index (κ2) is 27.4. The van der Waals surface area contributed by atoms with Crippen LogP contribution in [0.3, 0.4) is 0 Å². The standard InChI is InChI=1S/C40H66N2O4/c1-3-5-7-9-11-13-15-17-19-21-29-41-31-25-27-37(35-41)39(43)45-33-23-24-34-46-40(44)38-28-26-32-42(36-38)30-22-20-18-16-14-12-10-8-6-4-2/h25-28,31-32,35-36H,3-24,29-30,33-34H2,1-2H3/q+2. The lowest BCUT2D eigenvalue weighted by molar-refractivity contribution is -0.697. The van der Waals surface area contributed by atoms with Crippen molar-refractivity contribution in [1.82, 2.24) is 0 Å². The van der Waals surface area contributed by atoms with E-state index in [1.807, 2.05) is 49.1 Å². The van der Waals surface area contributed by atoms with Crippen LogP contribution in [0.1, 0.15) is 176 Å². The molecular formula is C40H66N2O4+2. The van der Waals surface area contributed by atoms with Crippen LogP contribution in [-0.4, -0.2) is 25.2 Å². The molecule has 2 aromatic heterocycles. The Morgan fingerprint density at radius 1 is 0.478 bits per heavy atom. The first-order chi connectivity index (χ1) is 22.6. The molecule has 0 N–H and O–H groups in total. The van der Waals surface area contributed by atoms with Crippen LogP contribution in [0.4, 0.5) is 0 Å². The van der Waals surface area contributed by atoms with Gasteiger partial charge in [0.1, 0.15) is 24.2 Å². The molecule has 46 heavy (non-hydrogen) atoms. The molecule has 0 aliphatic rings. The van der Waals surface area contributed by atoms with Gasteiger partial charge in [0, 0.05) is 25.0 Å². The first kappa shape index (κ1) is 39.4. The van der Waals surface area contributed by atoms with Gasteiger partial charge in [0.05, 0.1) is 13.2 Å². The van der Waals surface area contributed by atoms with E-state index in [4.69, 9.17) is 9.47 Å². The number of nitrogens with zero attached hydrogens (tertiary/aromatic N) is 2. The third-order valence-electron chi connectivity index (χ3n) is 8.73. The molecule has 0 unspecified atom stereocenters. The molecule has 0 aromatic carbocycles. The number of carbonyl (C=O) groups excluding carboxylic acids is 2. The van der Waals surface area contributed by atoms with Gasteiger partial charge in [0.2, 0.25) is 0 Å². The normalized spacial score (nSPS) is 11.1. The van der Waals surface area contributed by atoms with Crippen molar-refractivity contribution in [2.75, 3.05) is 13.2 Å². The van der Waals surface area contributed by atoms with Crippen molar-refractivity contribution in [1.29, 1.82) is 0 Å². The van der Waals surface area contributed by atoms with Gasteiger partial charge in [-0.3, -0.25) is 0 Å². The molecule has 258 valence electrons. The minimum absolute atomic E-state index is 0.300. The van der Waals surface area contributed by atoms with Crippen molar-refractivity contribution in [3.05, 3.63) is 60.2 Å². The number of hydrogen-bond acceptors (Lipinski definition) is 4. The number of rotatable bonds is 29. The lowest BCUT2D eigenvalue weighted by atomic mass is 10.1. The van der Waals surface area contributed by atoms with Gasteiger partial charge in [-0.05, 0) is 37.8 Å². The van der Waals surface area contributed by atoms with E-state index in [0.29, 0.717) is 37.2 Å². The minimum atomic E-state index is -0.300. The average Bonchev–Trinajstić information content (AvgIpc) is 3.08. The molecular weight excluding hydrogens is 572 g/mol. The first-order valence-corrected chi connectivity index (χ1v) is 19.0. The van der Waals surface area contributed by atoms with E-state index in [-0.39, 0.29) is 11.9 Å². The van der Waals surface area contributed by atoms with E-state index in [9.17, 15) is 9.59 Å². The van der Waals surface area contributed by atoms with Crippen LogP contribution < -0.4 is 9.13 Å². The van der Waals surface area contributed by atoms with Crippen LogP contribution >= 0.6 is 0 Å². The number of carbonyl (C=O) groups is 2. The molecule has 0 spiro atoms. The van der Waals surface area contributed by atoms with Crippen LogP contribution in [0, 0.1) is 0 Å². The van der Waals surface area contributed by atoms with E-state index >= 15 is 0 Å². The fourth-order valence-electron chi connectivity index (χ4n) is 5.83. The monoisotopic (exact) mass is 639 g/mol. The van der Waals surface area contributed by atoms with Crippen molar-refractivity contribution in [3.8, 4) is 0 Å². The Morgan fingerprint density at radius 2 is 0.804 bits per heavy atom. The summed E-state index contributed by atoms with van der Waals surface area (Å²) in [6, 6.07) is 7.44. The topological polar surface area (TPSA) is 60.4 Å². The highest BCUT2D eigenvalue weighted by Gasteiger charge is 2.14.